The maximum absolute atomic E-state index is 11.8. The molecule has 1 heterocycles. The Morgan fingerprint density at radius 3 is 2.68 bits per heavy atom. The van der Waals surface area contributed by atoms with Gasteiger partial charge in [0.15, 0.2) is 0 Å². The highest BCUT2D eigenvalue weighted by molar-refractivity contribution is 7.09. The molecule has 2 rings (SSSR count). The molecule has 5 nitrogen and oxygen atoms in total. The first-order chi connectivity index (χ1) is 10.5. The molecule has 0 unspecified atom stereocenters. The Balaban J connectivity index is 1.81. The normalized spacial score (nSPS) is 13.5. The van der Waals surface area contributed by atoms with Crippen LogP contribution in [0.1, 0.15) is 35.3 Å². The van der Waals surface area contributed by atoms with Gasteiger partial charge in [0.05, 0.1) is 12.1 Å². The number of aromatic nitrogens is 1. The minimum absolute atomic E-state index is 0.122. The van der Waals surface area contributed by atoms with Crippen molar-refractivity contribution in [2.75, 3.05) is 6.54 Å². The summed E-state index contributed by atoms with van der Waals surface area (Å²) in [5.41, 5.74) is 1.64. The summed E-state index contributed by atoms with van der Waals surface area (Å²) in [6, 6.07) is 6.35. The molecule has 2 amide bonds. The van der Waals surface area contributed by atoms with E-state index < -0.39 is 6.10 Å². The van der Waals surface area contributed by atoms with Crippen molar-refractivity contribution >= 4 is 29.0 Å². The fourth-order valence-electron chi connectivity index (χ4n) is 1.87. The molecule has 0 saturated heterocycles. The molecule has 0 aliphatic carbocycles. The number of nitrogens with zero attached hydrogens (tertiary/aromatic N) is 1. The third-order valence-corrected chi connectivity index (χ3v) is 4.46. The Kier molecular flexibility index (Phi) is 5.76. The fourth-order valence-corrected chi connectivity index (χ4v) is 2.80. The predicted octanol–water partition coefficient (Wildman–Crippen LogP) is 3.20. The Labute approximate surface area is 138 Å². The number of thiazole rings is 1. The molecule has 0 saturated carbocycles. The van der Waals surface area contributed by atoms with Gasteiger partial charge in [-0.25, -0.2) is 9.78 Å². The fraction of sp³-hybridized carbons (Fsp3) is 0.333. The Bertz CT molecular complexity index is 630. The van der Waals surface area contributed by atoms with Gasteiger partial charge >= 0.3 is 6.03 Å². The van der Waals surface area contributed by atoms with Crippen LogP contribution in [0.4, 0.5) is 4.79 Å². The lowest BCUT2D eigenvalue weighted by atomic mass is 10.1. The predicted molar refractivity (Wildman–Crippen MR) is 88.2 cm³/mol. The van der Waals surface area contributed by atoms with Crippen LogP contribution in [0.2, 0.25) is 5.02 Å². The number of amides is 2. The second-order valence-corrected chi connectivity index (χ2v) is 6.30. The Morgan fingerprint density at radius 1 is 1.41 bits per heavy atom. The van der Waals surface area contributed by atoms with Crippen molar-refractivity contribution in [3.05, 3.63) is 50.9 Å². The summed E-state index contributed by atoms with van der Waals surface area (Å²) in [5, 5.41) is 18.9. The molecule has 0 aliphatic rings. The number of urea groups is 1. The number of aliphatic hydroxyl groups excluding tert-OH is 1. The average Bonchev–Trinajstić information content (AvgIpc) is 2.92. The monoisotopic (exact) mass is 339 g/mol. The van der Waals surface area contributed by atoms with Gasteiger partial charge in [-0.3, -0.25) is 0 Å². The van der Waals surface area contributed by atoms with Crippen LogP contribution in [0.3, 0.4) is 0 Å². The SMILES string of the molecule is Cc1csc([C@H](C)NC(=O)NC[C@H](O)c2ccc(Cl)cc2)n1. The third kappa shape index (κ3) is 4.69. The number of carbonyl (C=O) groups excluding carboxylic acids is 1. The van der Waals surface area contributed by atoms with Crippen molar-refractivity contribution in [3.63, 3.8) is 0 Å². The minimum atomic E-state index is -0.777. The standard InChI is InChI=1S/C15H18ClN3O2S/c1-9-8-22-14(18-9)10(2)19-15(21)17-7-13(20)11-3-5-12(16)6-4-11/h3-6,8,10,13,20H,7H2,1-2H3,(H2,17,19,21)/t10-,13-/m0/s1. The minimum Gasteiger partial charge on any atom is -0.387 e. The second kappa shape index (κ2) is 7.58. The topological polar surface area (TPSA) is 74.2 Å². The van der Waals surface area contributed by atoms with E-state index in [0.717, 1.165) is 10.7 Å². The molecule has 3 N–H and O–H groups in total. The van der Waals surface area contributed by atoms with Crippen LogP contribution in [-0.2, 0) is 0 Å². The molecule has 0 aliphatic heterocycles. The number of nitrogens with one attached hydrogen (secondary N) is 2. The van der Waals surface area contributed by atoms with Crippen LogP contribution in [0.5, 0.6) is 0 Å². The lowest BCUT2D eigenvalue weighted by Gasteiger charge is -2.15. The molecule has 2 aromatic rings. The molecule has 0 bridgehead atoms. The summed E-state index contributed by atoms with van der Waals surface area (Å²) >= 11 is 7.30. The van der Waals surface area contributed by atoms with E-state index in [9.17, 15) is 9.90 Å². The van der Waals surface area contributed by atoms with Crippen molar-refractivity contribution in [1.82, 2.24) is 15.6 Å². The highest BCUT2D eigenvalue weighted by atomic mass is 35.5. The molecule has 1 aromatic carbocycles. The summed E-state index contributed by atoms with van der Waals surface area (Å²) in [5.74, 6) is 0. The summed E-state index contributed by atoms with van der Waals surface area (Å²) < 4.78 is 0. The van der Waals surface area contributed by atoms with Gasteiger partial charge in [-0.15, -0.1) is 11.3 Å². The molecular weight excluding hydrogens is 322 g/mol. The van der Waals surface area contributed by atoms with Gasteiger partial charge in [0.2, 0.25) is 0 Å². The first-order valence-electron chi connectivity index (χ1n) is 6.85. The third-order valence-electron chi connectivity index (χ3n) is 3.07. The van der Waals surface area contributed by atoms with Crippen LogP contribution in [0.15, 0.2) is 29.6 Å². The van der Waals surface area contributed by atoms with Gasteiger partial charge in [0, 0.05) is 22.6 Å². The molecule has 0 radical (unpaired) electrons. The quantitative estimate of drug-likeness (QED) is 0.783. The first kappa shape index (κ1) is 16.7. The maximum Gasteiger partial charge on any atom is 0.315 e. The van der Waals surface area contributed by atoms with E-state index in [0.29, 0.717) is 10.6 Å². The van der Waals surface area contributed by atoms with Crippen LogP contribution in [-0.4, -0.2) is 22.7 Å². The van der Waals surface area contributed by atoms with E-state index in [1.54, 1.807) is 24.3 Å². The summed E-state index contributed by atoms with van der Waals surface area (Å²) in [7, 11) is 0. The lowest BCUT2D eigenvalue weighted by Crippen LogP contribution is -2.39. The van der Waals surface area contributed by atoms with Gasteiger partial charge in [0.1, 0.15) is 5.01 Å². The zero-order valence-electron chi connectivity index (χ0n) is 12.3. The van der Waals surface area contributed by atoms with Crippen molar-refractivity contribution in [2.24, 2.45) is 0 Å². The van der Waals surface area contributed by atoms with Gasteiger partial charge in [-0.05, 0) is 31.5 Å². The number of hydrogen-bond acceptors (Lipinski definition) is 4. The van der Waals surface area contributed by atoms with E-state index >= 15 is 0 Å². The molecule has 2 atom stereocenters. The number of rotatable bonds is 5. The molecule has 0 fully saturated rings. The number of halogens is 1. The smallest absolute Gasteiger partial charge is 0.315 e. The highest BCUT2D eigenvalue weighted by Crippen LogP contribution is 2.18. The van der Waals surface area contributed by atoms with Gasteiger partial charge in [0.25, 0.3) is 0 Å². The summed E-state index contributed by atoms with van der Waals surface area (Å²) in [6.45, 7) is 3.90. The van der Waals surface area contributed by atoms with Crippen LogP contribution >= 0.6 is 22.9 Å². The largest absolute Gasteiger partial charge is 0.387 e. The number of benzene rings is 1. The molecule has 118 valence electrons. The second-order valence-electron chi connectivity index (χ2n) is 4.97. The Morgan fingerprint density at radius 2 is 2.09 bits per heavy atom. The van der Waals surface area contributed by atoms with E-state index in [1.807, 2.05) is 19.2 Å². The van der Waals surface area contributed by atoms with Crippen LogP contribution < -0.4 is 10.6 Å². The molecule has 7 heteroatoms. The summed E-state index contributed by atoms with van der Waals surface area (Å²) in [4.78, 5) is 16.2. The van der Waals surface area contributed by atoms with Crippen LogP contribution in [0.25, 0.3) is 0 Å². The number of hydrogen-bond donors (Lipinski definition) is 3. The van der Waals surface area contributed by atoms with Crippen LogP contribution in [0, 0.1) is 6.92 Å². The lowest BCUT2D eigenvalue weighted by molar-refractivity contribution is 0.172. The van der Waals surface area contributed by atoms with E-state index in [4.69, 9.17) is 11.6 Å². The van der Waals surface area contributed by atoms with E-state index in [-0.39, 0.29) is 18.6 Å². The molecular formula is C15H18ClN3O2S. The molecule has 22 heavy (non-hydrogen) atoms. The van der Waals surface area contributed by atoms with E-state index in [2.05, 4.69) is 15.6 Å². The molecule has 1 aromatic heterocycles. The Hall–Kier alpha value is -1.63. The highest BCUT2D eigenvalue weighted by Gasteiger charge is 2.14. The molecule has 0 spiro atoms. The maximum atomic E-state index is 11.8. The van der Waals surface area contributed by atoms with Gasteiger partial charge in [-0.2, -0.15) is 0 Å². The average molecular weight is 340 g/mol. The zero-order valence-corrected chi connectivity index (χ0v) is 13.9. The zero-order chi connectivity index (χ0) is 16.1. The van der Waals surface area contributed by atoms with Crippen molar-refractivity contribution < 1.29 is 9.90 Å². The van der Waals surface area contributed by atoms with Gasteiger partial charge < -0.3 is 15.7 Å². The van der Waals surface area contributed by atoms with E-state index in [1.165, 1.54) is 11.3 Å². The number of aliphatic hydroxyl groups is 1. The van der Waals surface area contributed by atoms with Gasteiger partial charge in [-0.1, -0.05) is 23.7 Å². The summed E-state index contributed by atoms with van der Waals surface area (Å²) in [6.07, 6.45) is -0.777. The number of aryl methyl sites for hydroxylation is 1. The van der Waals surface area contributed by atoms with Crippen molar-refractivity contribution in [1.29, 1.82) is 0 Å². The first-order valence-corrected chi connectivity index (χ1v) is 8.11. The van der Waals surface area contributed by atoms with Crippen molar-refractivity contribution in [2.45, 2.75) is 26.0 Å². The van der Waals surface area contributed by atoms with Crippen molar-refractivity contribution in [3.8, 4) is 0 Å². The number of carbonyl (C=O) groups is 1.